The molecule has 25 heavy (non-hydrogen) atoms. The molecule has 128 valence electrons. The van der Waals surface area contributed by atoms with Gasteiger partial charge in [-0.2, -0.15) is 0 Å². The Morgan fingerprint density at radius 2 is 2.12 bits per heavy atom. The molecule has 1 unspecified atom stereocenters. The number of aryl methyl sites for hydroxylation is 1. The van der Waals surface area contributed by atoms with Gasteiger partial charge in [-0.1, -0.05) is 12.1 Å². The maximum absolute atomic E-state index is 9.46. The van der Waals surface area contributed by atoms with Gasteiger partial charge in [0.1, 0.15) is 11.5 Å². The predicted molar refractivity (Wildman–Crippen MR) is 99.7 cm³/mol. The fourth-order valence-electron chi connectivity index (χ4n) is 3.23. The van der Waals surface area contributed by atoms with Gasteiger partial charge in [0.2, 0.25) is 0 Å². The molecule has 0 saturated carbocycles. The van der Waals surface area contributed by atoms with Crippen molar-refractivity contribution in [3.8, 4) is 11.5 Å². The van der Waals surface area contributed by atoms with Crippen LogP contribution in [0.3, 0.4) is 0 Å². The Labute approximate surface area is 150 Å². The second-order valence-electron chi connectivity index (χ2n) is 6.11. The smallest absolute Gasteiger partial charge is 0.180 e. The minimum absolute atomic E-state index is 0.0567. The number of nitrogens with zero attached hydrogens (tertiary/aromatic N) is 3. The molecule has 1 aliphatic carbocycles. The third-order valence-electron chi connectivity index (χ3n) is 4.44. The van der Waals surface area contributed by atoms with Crippen LogP contribution in [0.25, 0.3) is 11.5 Å². The number of aliphatic hydroxyl groups excluding tert-OH is 1. The SMILES string of the molecule is OCCC(Nc1nc(-c2ccccn2)nc2c1CCC2)c1cccs1. The lowest BCUT2D eigenvalue weighted by Gasteiger charge is -2.19. The van der Waals surface area contributed by atoms with Gasteiger partial charge in [-0.15, -0.1) is 11.3 Å². The number of hydrogen-bond donors (Lipinski definition) is 2. The summed E-state index contributed by atoms with van der Waals surface area (Å²) >= 11 is 1.69. The van der Waals surface area contributed by atoms with Crippen molar-refractivity contribution in [1.29, 1.82) is 0 Å². The fraction of sp³-hybridized carbons (Fsp3) is 0.316. The van der Waals surface area contributed by atoms with Gasteiger partial charge in [0.15, 0.2) is 5.82 Å². The zero-order chi connectivity index (χ0) is 17.1. The summed E-state index contributed by atoms with van der Waals surface area (Å²) in [6, 6.07) is 9.97. The van der Waals surface area contributed by atoms with E-state index in [0.29, 0.717) is 12.2 Å². The van der Waals surface area contributed by atoms with Gasteiger partial charge < -0.3 is 10.4 Å². The summed E-state index contributed by atoms with van der Waals surface area (Å²) in [6.07, 6.45) is 5.50. The monoisotopic (exact) mass is 352 g/mol. The Morgan fingerprint density at radius 3 is 2.88 bits per heavy atom. The van der Waals surface area contributed by atoms with Crippen molar-refractivity contribution < 1.29 is 5.11 Å². The third-order valence-corrected chi connectivity index (χ3v) is 5.43. The molecule has 6 heteroatoms. The number of rotatable bonds is 6. The number of aromatic nitrogens is 3. The number of anilines is 1. The first-order chi connectivity index (χ1) is 12.3. The molecule has 1 aliphatic rings. The Kier molecular flexibility index (Phi) is 4.72. The maximum Gasteiger partial charge on any atom is 0.180 e. The molecule has 0 radical (unpaired) electrons. The minimum atomic E-state index is 0.0567. The van der Waals surface area contributed by atoms with E-state index in [1.165, 1.54) is 10.4 Å². The average Bonchev–Trinajstić information content (AvgIpc) is 3.33. The number of hydrogen-bond acceptors (Lipinski definition) is 6. The molecule has 0 saturated heterocycles. The van der Waals surface area contributed by atoms with Crippen molar-refractivity contribution in [2.45, 2.75) is 31.7 Å². The largest absolute Gasteiger partial charge is 0.396 e. The van der Waals surface area contributed by atoms with Gasteiger partial charge in [0.05, 0.1) is 6.04 Å². The van der Waals surface area contributed by atoms with Crippen LogP contribution in [-0.4, -0.2) is 26.7 Å². The quantitative estimate of drug-likeness (QED) is 0.709. The second kappa shape index (κ2) is 7.29. The van der Waals surface area contributed by atoms with Crippen LogP contribution in [0, 0.1) is 0 Å². The van der Waals surface area contributed by atoms with E-state index in [4.69, 9.17) is 9.97 Å². The number of thiophene rings is 1. The summed E-state index contributed by atoms with van der Waals surface area (Å²) in [7, 11) is 0. The van der Waals surface area contributed by atoms with Crippen LogP contribution in [0.4, 0.5) is 5.82 Å². The number of nitrogens with one attached hydrogen (secondary N) is 1. The highest BCUT2D eigenvalue weighted by atomic mass is 32.1. The lowest BCUT2D eigenvalue weighted by molar-refractivity contribution is 0.280. The first-order valence-corrected chi connectivity index (χ1v) is 9.45. The zero-order valence-electron chi connectivity index (χ0n) is 13.9. The summed E-state index contributed by atoms with van der Waals surface area (Å²) in [5.41, 5.74) is 3.11. The maximum atomic E-state index is 9.46. The highest BCUT2D eigenvalue weighted by Gasteiger charge is 2.22. The lowest BCUT2D eigenvalue weighted by Crippen LogP contribution is -2.15. The van der Waals surface area contributed by atoms with Crippen molar-refractivity contribution >= 4 is 17.2 Å². The van der Waals surface area contributed by atoms with Crippen LogP contribution in [0.2, 0.25) is 0 Å². The van der Waals surface area contributed by atoms with Gasteiger partial charge in [-0.3, -0.25) is 4.98 Å². The molecule has 5 nitrogen and oxygen atoms in total. The molecule has 2 N–H and O–H groups in total. The lowest BCUT2D eigenvalue weighted by atomic mass is 10.1. The second-order valence-corrected chi connectivity index (χ2v) is 7.09. The molecule has 4 rings (SSSR count). The Bertz CT molecular complexity index is 836. The molecular formula is C19H20N4OS. The van der Waals surface area contributed by atoms with Crippen molar-refractivity contribution in [2.75, 3.05) is 11.9 Å². The average molecular weight is 352 g/mol. The summed E-state index contributed by atoms with van der Waals surface area (Å²) in [4.78, 5) is 15.1. The molecule has 3 aromatic rings. The van der Waals surface area contributed by atoms with E-state index in [9.17, 15) is 5.11 Å². The Hall–Kier alpha value is -2.31. The van der Waals surface area contributed by atoms with Gasteiger partial charge in [0.25, 0.3) is 0 Å². The van der Waals surface area contributed by atoms with Crippen molar-refractivity contribution in [3.05, 3.63) is 58.0 Å². The van der Waals surface area contributed by atoms with Crippen molar-refractivity contribution in [1.82, 2.24) is 15.0 Å². The topological polar surface area (TPSA) is 70.9 Å². The Balaban J connectivity index is 1.72. The first-order valence-electron chi connectivity index (χ1n) is 8.57. The highest BCUT2D eigenvalue weighted by Crippen LogP contribution is 2.32. The van der Waals surface area contributed by atoms with Crippen molar-refractivity contribution in [2.24, 2.45) is 0 Å². The summed E-state index contributed by atoms with van der Waals surface area (Å²) in [6.45, 7) is 0.135. The van der Waals surface area contributed by atoms with Gasteiger partial charge >= 0.3 is 0 Å². The van der Waals surface area contributed by atoms with Crippen LogP contribution in [0.1, 0.15) is 35.0 Å². The zero-order valence-corrected chi connectivity index (χ0v) is 14.7. The fourth-order valence-corrected chi connectivity index (χ4v) is 4.04. The number of fused-ring (bicyclic) bond motifs is 1. The minimum Gasteiger partial charge on any atom is -0.396 e. The van der Waals surface area contributed by atoms with Crippen LogP contribution < -0.4 is 5.32 Å². The first kappa shape index (κ1) is 16.2. The van der Waals surface area contributed by atoms with E-state index < -0.39 is 0 Å². The van der Waals surface area contributed by atoms with Gasteiger partial charge in [-0.05, 0) is 49.3 Å². The number of aliphatic hydroxyl groups is 1. The van der Waals surface area contributed by atoms with Gasteiger partial charge in [-0.25, -0.2) is 9.97 Å². The summed E-state index contributed by atoms with van der Waals surface area (Å²) in [5, 5.41) is 15.1. The van der Waals surface area contributed by atoms with Crippen LogP contribution in [-0.2, 0) is 12.8 Å². The predicted octanol–water partition coefficient (Wildman–Crippen LogP) is 3.62. The normalized spacial score (nSPS) is 14.3. The summed E-state index contributed by atoms with van der Waals surface area (Å²) in [5.74, 6) is 1.55. The van der Waals surface area contributed by atoms with E-state index in [0.717, 1.165) is 36.5 Å². The molecule has 0 aromatic carbocycles. The molecule has 0 spiro atoms. The van der Waals surface area contributed by atoms with E-state index in [2.05, 4.69) is 21.7 Å². The molecule has 0 aliphatic heterocycles. The van der Waals surface area contributed by atoms with Crippen LogP contribution in [0.5, 0.6) is 0 Å². The van der Waals surface area contributed by atoms with Crippen LogP contribution >= 0.6 is 11.3 Å². The van der Waals surface area contributed by atoms with E-state index in [1.807, 2.05) is 24.3 Å². The standard InChI is InChI=1S/C19H20N4OS/c24-11-9-15(17-8-4-12-25-17)22-18-13-5-3-7-14(13)21-19(23-18)16-6-1-2-10-20-16/h1-2,4,6,8,10,12,15,24H,3,5,7,9,11H2,(H,21,22,23). The van der Waals surface area contributed by atoms with E-state index in [-0.39, 0.29) is 12.6 Å². The molecule has 1 atom stereocenters. The highest BCUT2D eigenvalue weighted by molar-refractivity contribution is 7.10. The van der Waals surface area contributed by atoms with Crippen LogP contribution in [0.15, 0.2) is 41.9 Å². The molecule has 3 aromatic heterocycles. The summed E-state index contributed by atoms with van der Waals surface area (Å²) < 4.78 is 0. The molecular weight excluding hydrogens is 332 g/mol. The van der Waals surface area contributed by atoms with E-state index in [1.54, 1.807) is 17.5 Å². The third kappa shape index (κ3) is 3.41. The Morgan fingerprint density at radius 1 is 1.16 bits per heavy atom. The molecule has 3 heterocycles. The van der Waals surface area contributed by atoms with Crippen molar-refractivity contribution in [3.63, 3.8) is 0 Å². The van der Waals surface area contributed by atoms with Gasteiger partial charge in [0, 0.05) is 28.9 Å². The molecule has 0 fully saturated rings. The van der Waals surface area contributed by atoms with E-state index >= 15 is 0 Å². The number of pyridine rings is 1. The molecule has 0 bridgehead atoms. The molecule has 0 amide bonds.